The Labute approximate surface area is 222 Å². The number of methoxy groups -OCH3 is 3. The number of carbonyl (C=O) groups is 1. The van der Waals surface area contributed by atoms with Crippen LogP contribution in [0.2, 0.25) is 0 Å². The van der Waals surface area contributed by atoms with Crippen molar-refractivity contribution in [2.75, 3.05) is 34.5 Å². The lowest BCUT2D eigenvalue weighted by Gasteiger charge is -2.27. The number of hydrogen-bond acceptors (Lipinski definition) is 6. The van der Waals surface area contributed by atoms with Crippen molar-refractivity contribution in [2.45, 2.75) is 19.4 Å². The number of rotatable bonds is 10. The maximum absolute atomic E-state index is 13.7. The lowest BCUT2D eigenvalue weighted by Crippen LogP contribution is -2.31. The van der Waals surface area contributed by atoms with Gasteiger partial charge in [0.25, 0.3) is 5.91 Å². The smallest absolute Gasteiger partial charge is 0.273 e. The highest BCUT2D eigenvalue weighted by molar-refractivity contribution is 6.00. The molecule has 1 unspecified atom stereocenters. The number of amides is 1. The Balaban J connectivity index is 1.56. The third kappa shape index (κ3) is 4.65. The van der Waals surface area contributed by atoms with Crippen LogP contribution in [0.5, 0.6) is 23.0 Å². The minimum atomic E-state index is -0.351. The van der Waals surface area contributed by atoms with E-state index >= 15 is 0 Å². The van der Waals surface area contributed by atoms with Crippen LogP contribution in [0.1, 0.15) is 40.1 Å². The molecule has 0 saturated heterocycles. The monoisotopic (exact) mass is 513 g/mol. The minimum absolute atomic E-state index is 0.0846. The highest BCUT2D eigenvalue weighted by Gasteiger charge is 2.42. The first kappa shape index (κ1) is 25.2. The number of H-pyrrole nitrogens is 1. The molecule has 1 N–H and O–H groups in total. The van der Waals surface area contributed by atoms with Gasteiger partial charge in [-0.05, 0) is 73.0 Å². The Morgan fingerprint density at radius 2 is 1.55 bits per heavy atom. The number of benzene rings is 3. The van der Waals surface area contributed by atoms with Crippen LogP contribution in [-0.4, -0.2) is 55.5 Å². The van der Waals surface area contributed by atoms with E-state index < -0.39 is 0 Å². The summed E-state index contributed by atoms with van der Waals surface area (Å²) in [5.41, 5.74) is 5.02. The first-order valence-electron chi connectivity index (χ1n) is 12.5. The molecule has 1 atom stereocenters. The van der Waals surface area contributed by atoms with Gasteiger partial charge in [-0.15, -0.1) is 0 Å². The number of ether oxygens (including phenoxy) is 4. The number of fused-ring (bicyclic) bond motifs is 1. The van der Waals surface area contributed by atoms with Crippen LogP contribution in [0.25, 0.3) is 11.3 Å². The summed E-state index contributed by atoms with van der Waals surface area (Å²) >= 11 is 0. The molecule has 0 saturated carbocycles. The first-order chi connectivity index (χ1) is 18.6. The predicted molar refractivity (Wildman–Crippen MR) is 144 cm³/mol. The lowest BCUT2D eigenvalue weighted by molar-refractivity contribution is 0.0745. The molecule has 8 nitrogen and oxygen atoms in total. The van der Waals surface area contributed by atoms with Crippen molar-refractivity contribution < 1.29 is 23.7 Å². The molecule has 5 rings (SSSR count). The summed E-state index contributed by atoms with van der Waals surface area (Å²) in [6.07, 6.45) is 0.690. The van der Waals surface area contributed by atoms with E-state index in [2.05, 4.69) is 10.2 Å². The molecule has 0 spiro atoms. The number of carbonyl (C=O) groups excluding carboxylic acids is 1. The summed E-state index contributed by atoms with van der Waals surface area (Å²) in [5.74, 6) is 2.76. The molecule has 8 heteroatoms. The Morgan fingerprint density at radius 1 is 0.868 bits per heavy atom. The van der Waals surface area contributed by atoms with Crippen LogP contribution >= 0.6 is 0 Å². The quantitative estimate of drug-likeness (QED) is 0.310. The number of aromatic nitrogens is 2. The van der Waals surface area contributed by atoms with E-state index in [9.17, 15) is 4.79 Å². The van der Waals surface area contributed by atoms with E-state index in [0.29, 0.717) is 36.8 Å². The van der Waals surface area contributed by atoms with Gasteiger partial charge in [0.1, 0.15) is 17.2 Å². The molecule has 0 aliphatic carbocycles. The van der Waals surface area contributed by atoms with Gasteiger partial charge in [0, 0.05) is 17.7 Å². The van der Waals surface area contributed by atoms with Crippen LogP contribution < -0.4 is 18.9 Å². The number of nitrogens with one attached hydrogen (secondary N) is 1. The molecule has 4 aromatic rings. The predicted octanol–water partition coefficient (Wildman–Crippen LogP) is 5.29. The van der Waals surface area contributed by atoms with Crippen molar-refractivity contribution in [3.63, 3.8) is 0 Å². The van der Waals surface area contributed by atoms with E-state index in [-0.39, 0.29) is 11.9 Å². The highest BCUT2D eigenvalue weighted by atomic mass is 16.5. The Bertz CT molecular complexity index is 1410. The average molecular weight is 514 g/mol. The Kier molecular flexibility index (Phi) is 7.22. The van der Waals surface area contributed by atoms with Gasteiger partial charge in [-0.25, -0.2) is 0 Å². The minimum Gasteiger partial charge on any atom is -0.497 e. The van der Waals surface area contributed by atoms with Crippen molar-refractivity contribution in [3.05, 3.63) is 89.1 Å². The van der Waals surface area contributed by atoms with Crippen molar-refractivity contribution >= 4 is 5.91 Å². The number of aromatic amines is 1. The SMILES string of the molecule is CCOc1ccc(C2c3c(-c4ccc(OC)cc4)n[nH]c3C(=O)N2CCc2ccc(OC)cc2)cc1OC. The fourth-order valence-corrected chi connectivity index (χ4v) is 4.91. The topological polar surface area (TPSA) is 85.9 Å². The van der Waals surface area contributed by atoms with E-state index in [1.165, 1.54) is 0 Å². The zero-order chi connectivity index (χ0) is 26.6. The molecular formula is C30H31N3O5. The standard InChI is InChI=1S/C30H31N3O5/c1-5-38-24-15-10-21(18-25(24)37-4)29-26-27(20-8-13-23(36-3)14-9-20)31-32-28(26)30(34)33(29)17-16-19-6-11-22(35-2)12-7-19/h6-15,18,29H,5,16-17H2,1-4H3,(H,31,32). The molecule has 1 aliphatic rings. The van der Waals surface area contributed by atoms with Gasteiger partial charge >= 0.3 is 0 Å². The van der Waals surface area contributed by atoms with Gasteiger partial charge in [0.05, 0.1) is 39.7 Å². The molecule has 1 amide bonds. The maximum Gasteiger partial charge on any atom is 0.273 e. The van der Waals surface area contributed by atoms with Crippen LogP contribution in [0, 0.1) is 0 Å². The van der Waals surface area contributed by atoms with Gasteiger partial charge in [-0.3, -0.25) is 9.89 Å². The van der Waals surface area contributed by atoms with Crippen LogP contribution in [0.3, 0.4) is 0 Å². The molecule has 3 aromatic carbocycles. The molecule has 196 valence electrons. The second-order valence-corrected chi connectivity index (χ2v) is 8.93. The van der Waals surface area contributed by atoms with Crippen LogP contribution in [0.4, 0.5) is 0 Å². The van der Waals surface area contributed by atoms with E-state index in [0.717, 1.165) is 39.4 Å². The molecule has 1 aromatic heterocycles. The second kappa shape index (κ2) is 10.9. The molecule has 0 bridgehead atoms. The molecule has 2 heterocycles. The van der Waals surface area contributed by atoms with E-state index in [1.54, 1.807) is 21.3 Å². The van der Waals surface area contributed by atoms with Crippen molar-refractivity contribution in [1.82, 2.24) is 15.1 Å². The van der Waals surface area contributed by atoms with Crippen LogP contribution in [-0.2, 0) is 6.42 Å². The normalized spacial score (nSPS) is 14.4. The summed E-state index contributed by atoms with van der Waals surface area (Å²) in [4.78, 5) is 15.6. The fourth-order valence-electron chi connectivity index (χ4n) is 4.91. The summed E-state index contributed by atoms with van der Waals surface area (Å²) in [7, 11) is 4.90. The second-order valence-electron chi connectivity index (χ2n) is 8.93. The largest absolute Gasteiger partial charge is 0.497 e. The third-order valence-corrected chi connectivity index (χ3v) is 6.83. The van der Waals surface area contributed by atoms with Crippen molar-refractivity contribution in [1.29, 1.82) is 0 Å². The van der Waals surface area contributed by atoms with Crippen molar-refractivity contribution in [3.8, 4) is 34.3 Å². The summed E-state index contributed by atoms with van der Waals surface area (Å²) in [5, 5.41) is 7.59. The molecule has 1 aliphatic heterocycles. The zero-order valence-electron chi connectivity index (χ0n) is 22.0. The number of hydrogen-bond donors (Lipinski definition) is 1. The van der Waals surface area contributed by atoms with Gasteiger partial charge in [0.15, 0.2) is 11.5 Å². The Morgan fingerprint density at radius 3 is 2.18 bits per heavy atom. The maximum atomic E-state index is 13.7. The number of nitrogens with zero attached hydrogens (tertiary/aromatic N) is 2. The average Bonchev–Trinajstić information content (AvgIpc) is 3.51. The summed E-state index contributed by atoms with van der Waals surface area (Å²) < 4.78 is 22.0. The van der Waals surface area contributed by atoms with Crippen LogP contribution in [0.15, 0.2) is 66.7 Å². The van der Waals surface area contributed by atoms with Gasteiger partial charge < -0.3 is 23.8 Å². The molecular weight excluding hydrogens is 482 g/mol. The third-order valence-electron chi connectivity index (χ3n) is 6.83. The van der Waals surface area contributed by atoms with Gasteiger partial charge in [0.2, 0.25) is 0 Å². The molecule has 38 heavy (non-hydrogen) atoms. The van der Waals surface area contributed by atoms with Crippen molar-refractivity contribution in [2.24, 2.45) is 0 Å². The van der Waals surface area contributed by atoms with Gasteiger partial charge in [-0.2, -0.15) is 5.10 Å². The zero-order valence-corrected chi connectivity index (χ0v) is 22.0. The van der Waals surface area contributed by atoms with E-state index in [4.69, 9.17) is 18.9 Å². The summed E-state index contributed by atoms with van der Waals surface area (Å²) in [6.45, 7) is 2.98. The Hall–Kier alpha value is -4.46. The molecule has 0 fully saturated rings. The lowest BCUT2D eigenvalue weighted by atomic mass is 9.95. The molecule has 0 radical (unpaired) electrons. The fraction of sp³-hybridized carbons (Fsp3) is 0.267. The van der Waals surface area contributed by atoms with Gasteiger partial charge in [-0.1, -0.05) is 18.2 Å². The first-order valence-corrected chi connectivity index (χ1v) is 12.5. The van der Waals surface area contributed by atoms with E-state index in [1.807, 2.05) is 78.6 Å². The highest BCUT2D eigenvalue weighted by Crippen LogP contribution is 2.44. The summed E-state index contributed by atoms with van der Waals surface area (Å²) in [6, 6.07) is 21.1.